The Kier molecular flexibility index (Phi) is 5.46. The minimum atomic E-state index is -0.159. The highest BCUT2D eigenvalue weighted by atomic mass is 35.5. The molecule has 0 atom stereocenters. The van der Waals surface area contributed by atoms with Crippen molar-refractivity contribution >= 4 is 28.8 Å². The predicted octanol–water partition coefficient (Wildman–Crippen LogP) is 3.29. The maximum Gasteiger partial charge on any atom is 0.226 e. The number of hydrogen-bond donors (Lipinski definition) is 2. The minimum Gasteiger partial charge on any atom is -0.506 e. The Labute approximate surface area is 158 Å². The van der Waals surface area contributed by atoms with Crippen LogP contribution in [0.3, 0.4) is 0 Å². The zero-order valence-electron chi connectivity index (χ0n) is 13.4. The van der Waals surface area contributed by atoms with Gasteiger partial charge in [-0.25, -0.2) is 9.97 Å². The summed E-state index contributed by atoms with van der Waals surface area (Å²) in [4.78, 5) is 20.5. The molecule has 0 unspecified atom stereocenters. The van der Waals surface area contributed by atoms with Crippen LogP contribution >= 0.6 is 22.9 Å². The standard InChI is InChI=1S/C18H13ClN4O2S/c19-13-3-1-11(2-4-13)8-21-16(25)6-14-10-26-18(23-14)17-15(24)5-12(7-20)9-22-17/h1-5,9-10,24H,6,8H2,(H,21,25). The molecular weight excluding hydrogens is 372 g/mol. The first-order valence-corrected chi connectivity index (χ1v) is 8.86. The summed E-state index contributed by atoms with van der Waals surface area (Å²) in [6.07, 6.45) is 1.50. The molecule has 0 bridgehead atoms. The zero-order chi connectivity index (χ0) is 18.5. The first-order chi connectivity index (χ1) is 12.5. The van der Waals surface area contributed by atoms with Crippen LogP contribution in [0.4, 0.5) is 0 Å². The average Bonchev–Trinajstić information content (AvgIpc) is 3.09. The Morgan fingerprint density at radius 3 is 2.81 bits per heavy atom. The molecule has 2 aromatic heterocycles. The third kappa shape index (κ3) is 4.36. The fourth-order valence-corrected chi connectivity index (χ4v) is 3.15. The van der Waals surface area contributed by atoms with E-state index in [4.69, 9.17) is 16.9 Å². The van der Waals surface area contributed by atoms with Crippen molar-refractivity contribution in [3.8, 4) is 22.5 Å². The average molecular weight is 385 g/mol. The Morgan fingerprint density at radius 1 is 1.35 bits per heavy atom. The number of hydrogen-bond acceptors (Lipinski definition) is 6. The molecule has 0 aliphatic rings. The summed E-state index contributed by atoms with van der Waals surface area (Å²) in [6, 6.07) is 10.5. The van der Waals surface area contributed by atoms with Crippen LogP contribution in [0.25, 0.3) is 10.7 Å². The van der Waals surface area contributed by atoms with E-state index >= 15 is 0 Å². The molecule has 0 fully saturated rings. The summed E-state index contributed by atoms with van der Waals surface area (Å²) in [5.74, 6) is -0.272. The second-order valence-electron chi connectivity index (χ2n) is 5.43. The Morgan fingerprint density at radius 2 is 2.12 bits per heavy atom. The quantitative estimate of drug-likeness (QED) is 0.703. The van der Waals surface area contributed by atoms with Crippen molar-refractivity contribution in [2.45, 2.75) is 13.0 Å². The van der Waals surface area contributed by atoms with Gasteiger partial charge in [-0.2, -0.15) is 5.26 Å². The van der Waals surface area contributed by atoms with Gasteiger partial charge >= 0.3 is 0 Å². The zero-order valence-corrected chi connectivity index (χ0v) is 15.0. The van der Waals surface area contributed by atoms with Gasteiger partial charge in [-0.05, 0) is 17.7 Å². The van der Waals surface area contributed by atoms with Crippen LogP contribution in [-0.4, -0.2) is 21.0 Å². The molecule has 3 aromatic rings. The van der Waals surface area contributed by atoms with E-state index in [0.29, 0.717) is 28.0 Å². The van der Waals surface area contributed by atoms with Crippen LogP contribution in [0.15, 0.2) is 41.9 Å². The molecule has 6 nitrogen and oxygen atoms in total. The van der Waals surface area contributed by atoms with Gasteiger partial charge in [0.15, 0.2) is 0 Å². The van der Waals surface area contributed by atoms with Crippen molar-refractivity contribution in [2.24, 2.45) is 0 Å². The lowest BCUT2D eigenvalue weighted by atomic mass is 10.2. The van der Waals surface area contributed by atoms with Crippen molar-refractivity contribution in [3.05, 3.63) is 63.8 Å². The number of carbonyl (C=O) groups is 1. The number of nitrogens with zero attached hydrogens (tertiary/aromatic N) is 3. The molecular formula is C18H13ClN4O2S. The van der Waals surface area contributed by atoms with Crippen molar-refractivity contribution < 1.29 is 9.90 Å². The maximum atomic E-state index is 12.1. The second kappa shape index (κ2) is 7.95. The molecule has 0 saturated heterocycles. The molecule has 0 saturated carbocycles. The summed E-state index contributed by atoms with van der Waals surface area (Å²) in [5, 5.41) is 24.5. The number of amides is 1. The van der Waals surface area contributed by atoms with Gasteiger partial charge in [-0.3, -0.25) is 4.79 Å². The number of nitriles is 1. The number of aromatic hydroxyl groups is 1. The topological polar surface area (TPSA) is 98.9 Å². The lowest BCUT2D eigenvalue weighted by molar-refractivity contribution is -0.120. The number of carbonyl (C=O) groups excluding carboxylic acids is 1. The molecule has 0 aliphatic heterocycles. The molecule has 2 N–H and O–H groups in total. The fourth-order valence-electron chi connectivity index (χ4n) is 2.21. The molecule has 0 radical (unpaired) electrons. The highest BCUT2D eigenvalue weighted by molar-refractivity contribution is 7.13. The summed E-state index contributed by atoms with van der Waals surface area (Å²) in [5.41, 5.74) is 2.10. The predicted molar refractivity (Wildman–Crippen MR) is 98.7 cm³/mol. The van der Waals surface area contributed by atoms with E-state index in [9.17, 15) is 9.90 Å². The first-order valence-electron chi connectivity index (χ1n) is 7.60. The number of rotatable bonds is 5. The van der Waals surface area contributed by atoms with Crippen LogP contribution in [0.2, 0.25) is 5.02 Å². The first kappa shape index (κ1) is 17.9. The van der Waals surface area contributed by atoms with Crippen molar-refractivity contribution in [1.29, 1.82) is 5.26 Å². The van der Waals surface area contributed by atoms with E-state index in [-0.39, 0.29) is 23.6 Å². The van der Waals surface area contributed by atoms with Gasteiger partial charge in [0.1, 0.15) is 22.5 Å². The summed E-state index contributed by atoms with van der Waals surface area (Å²) in [7, 11) is 0. The summed E-state index contributed by atoms with van der Waals surface area (Å²) in [6.45, 7) is 0.408. The number of halogens is 1. The fraction of sp³-hybridized carbons (Fsp3) is 0.111. The summed E-state index contributed by atoms with van der Waals surface area (Å²) < 4.78 is 0. The molecule has 3 rings (SSSR count). The number of benzene rings is 1. The largest absolute Gasteiger partial charge is 0.506 e. The van der Waals surface area contributed by atoms with Gasteiger partial charge in [-0.15, -0.1) is 11.3 Å². The Bertz CT molecular complexity index is 980. The molecule has 8 heteroatoms. The van der Waals surface area contributed by atoms with Crippen molar-refractivity contribution in [2.75, 3.05) is 0 Å². The van der Waals surface area contributed by atoms with Crippen molar-refractivity contribution in [3.63, 3.8) is 0 Å². The van der Waals surface area contributed by atoms with E-state index < -0.39 is 0 Å². The van der Waals surface area contributed by atoms with Gasteiger partial charge in [0.05, 0.1) is 17.7 Å². The third-order valence-electron chi connectivity index (χ3n) is 3.50. The second-order valence-corrected chi connectivity index (χ2v) is 6.72. The van der Waals surface area contributed by atoms with Gasteiger partial charge in [0.2, 0.25) is 5.91 Å². The molecule has 0 spiro atoms. The lowest BCUT2D eigenvalue weighted by Crippen LogP contribution is -2.24. The highest BCUT2D eigenvalue weighted by Gasteiger charge is 2.13. The number of pyridine rings is 1. The number of thiazole rings is 1. The lowest BCUT2D eigenvalue weighted by Gasteiger charge is -2.04. The van der Waals surface area contributed by atoms with Crippen LogP contribution < -0.4 is 5.32 Å². The third-order valence-corrected chi connectivity index (χ3v) is 4.65. The van der Waals surface area contributed by atoms with Gasteiger partial charge < -0.3 is 10.4 Å². The smallest absolute Gasteiger partial charge is 0.226 e. The van der Waals surface area contributed by atoms with Crippen molar-refractivity contribution in [1.82, 2.24) is 15.3 Å². The van der Waals surface area contributed by atoms with E-state index in [0.717, 1.165) is 5.56 Å². The SMILES string of the molecule is N#Cc1cnc(-c2nc(CC(=O)NCc3ccc(Cl)cc3)cs2)c(O)c1. The van der Waals surface area contributed by atoms with Gasteiger partial charge in [0.25, 0.3) is 0 Å². The van der Waals surface area contributed by atoms with Gasteiger partial charge in [-0.1, -0.05) is 23.7 Å². The monoisotopic (exact) mass is 384 g/mol. The van der Waals surface area contributed by atoms with Crippen LogP contribution in [0, 0.1) is 11.3 Å². The molecule has 2 heterocycles. The van der Waals surface area contributed by atoms with Crippen LogP contribution in [-0.2, 0) is 17.8 Å². The van der Waals surface area contributed by atoms with E-state index in [1.165, 1.54) is 23.6 Å². The van der Waals surface area contributed by atoms with E-state index in [1.54, 1.807) is 17.5 Å². The van der Waals surface area contributed by atoms with Crippen LogP contribution in [0.5, 0.6) is 5.75 Å². The Balaban J connectivity index is 1.62. The van der Waals surface area contributed by atoms with Crippen LogP contribution in [0.1, 0.15) is 16.8 Å². The minimum absolute atomic E-state index is 0.114. The van der Waals surface area contributed by atoms with E-state index in [1.807, 2.05) is 18.2 Å². The van der Waals surface area contributed by atoms with Gasteiger partial charge in [0, 0.05) is 29.2 Å². The number of nitrogens with one attached hydrogen (secondary N) is 1. The molecule has 130 valence electrons. The van der Waals surface area contributed by atoms with E-state index in [2.05, 4.69) is 15.3 Å². The Hall–Kier alpha value is -2.95. The molecule has 26 heavy (non-hydrogen) atoms. The summed E-state index contributed by atoms with van der Waals surface area (Å²) >= 11 is 7.11. The molecule has 1 amide bonds. The highest BCUT2D eigenvalue weighted by Crippen LogP contribution is 2.30. The maximum absolute atomic E-state index is 12.1. The molecule has 1 aromatic carbocycles. The number of aromatic nitrogens is 2. The normalized spacial score (nSPS) is 10.3. The molecule has 0 aliphatic carbocycles.